The summed E-state index contributed by atoms with van der Waals surface area (Å²) >= 11 is 0. The number of alkyl halides is 6. The number of carbonyl (C=O) groups is 1. The van der Waals surface area contributed by atoms with Crippen molar-refractivity contribution >= 4 is 6.09 Å². The van der Waals surface area contributed by atoms with Crippen molar-refractivity contribution in [2.45, 2.75) is 63.4 Å². The molecule has 1 amide bonds. The molecule has 2 aliphatic rings. The van der Waals surface area contributed by atoms with Crippen LogP contribution in [0.25, 0.3) is 0 Å². The molecule has 162 valence electrons. The standard InChI is InChI=1S/C19H22F6N2O2/c1-2-15(19(23,24)25)29-16(28)27-7-5-17(6-8-27)9-12(10-17)14-4-3-13(11-26-14)18(20,21)22/h3-4,11-12,15H,2,5-10H2,1H3/t15-/m1/s1. The Morgan fingerprint density at radius 1 is 1.21 bits per heavy atom. The molecular weight excluding hydrogens is 402 g/mol. The normalized spacial score (nSPS) is 21.0. The molecule has 0 radical (unpaired) electrons. The highest BCUT2D eigenvalue weighted by Crippen LogP contribution is 2.56. The fourth-order valence-corrected chi connectivity index (χ4v) is 4.16. The molecule has 1 atom stereocenters. The van der Waals surface area contributed by atoms with Crippen LogP contribution in [0.1, 0.15) is 56.2 Å². The summed E-state index contributed by atoms with van der Waals surface area (Å²) in [6, 6.07) is 2.42. The fourth-order valence-electron chi connectivity index (χ4n) is 4.16. The van der Waals surface area contributed by atoms with E-state index in [1.807, 2.05) is 0 Å². The lowest BCUT2D eigenvalue weighted by molar-refractivity contribution is -0.206. The van der Waals surface area contributed by atoms with Crippen molar-refractivity contribution in [1.29, 1.82) is 0 Å². The van der Waals surface area contributed by atoms with Crippen LogP contribution in [0.4, 0.5) is 31.1 Å². The van der Waals surface area contributed by atoms with Crippen LogP contribution in [0.3, 0.4) is 0 Å². The van der Waals surface area contributed by atoms with Crippen molar-refractivity contribution in [3.05, 3.63) is 29.6 Å². The fraction of sp³-hybridized carbons (Fsp3) is 0.684. The van der Waals surface area contributed by atoms with Gasteiger partial charge in [-0.25, -0.2) is 4.79 Å². The first-order valence-corrected chi connectivity index (χ1v) is 9.49. The second kappa shape index (κ2) is 7.68. The highest BCUT2D eigenvalue weighted by atomic mass is 19.4. The second-order valence-electron chi connectivity index (χ2n) is 7.88. The maximum Gasteiger partial charge on any atom is 0.425 e. The van der Waals surface area contributed by atoms with Crippen molar-refractivity contribution in [1.82, 2.24) is 9.88 Å². The zero-order chi connectivity index (χ0) is 21.4. The molecule has 1 aliphatic carbocycles. The molecule has 1 saturated heterocycles. The molecule has 1 aromatic heterocycles. The summed E-state index contributed by atoms with van der Waals surface area (Å²) in [5.41, 5.74) is -0.215. The minimum Gasteiger partial charge on any atom is -0.436 e. The highest BCUT2D eigenvalue weighted by molar-refractivity contribution is 5.68. The van der Waals surface area contributed by atoms with Gasteiger partial charge in [0.2, 0.25) is 0 Å². The van der Waals surface area contributed by atoms with Crippen LogP contribution in [0.15, 0.2) is 18.3 Å². The van der Waals surface area contributed by atoms with E-state index in [1.54, 1.807) is 0 Å². The Bertz CT molecular complexity index is 716. The molecule has 1 saturated carbocycles. The van der Waals surface area contributed by atoms with Gasteiger partial charge in [0, 0.05) is 30.9 Å². The van der Waals surface area contributed by atoms with Crippen LogP contribution in [-0.2, 0) is 10.9 Å². The van der Waals surface area contributed by atoms with E-state index in [1.165, 1.54) is 17.9 Å². The summed E-state index contributed by atoms with van der Waals surface area (Å²) in [4.78, 5) is 17.3. The number of amides is 1. The summed E-state index contributed by atoms with van der Waals surface area (Å²) in [6.45, 7) is 1.92. The highest BCUT2D eigenvalue weighted by Gasteiger charge is 2.48. The van der Waals surface area contributed by atoms with Gasteiger partial charge in [-0.1, -0.05) is 6.92 Å². The SMILES string of the molecule is CC[C@@H](OC(=O)N1CCC2(CC1)CC(c1ccc(C(F)(F)F)cn1)C2)C(F)(F)F. The molecule has 1 spiro atoms. The molecule has 4 nitrogen and oxygen atoms in total. The average molecular weight is 424 g/mol. The molecule has 0 bridgehead atoms. The zero-order valence-electron chi connectivity index (χ0n) is 15.8. The first-order valence-electron chi connectivity index (χ1n) is 9.49. The number of aromatic nitrogens is 1. The molecular formula is C19H22F6N2O2. The number of rotatable bonds is 3. The minimum atomic E-state index is -4.59. The molecule has 2 fully saturated rings. The molecule has 3 rings (SSSR count). The number of nitrogens with zero attached hydrogens (tertiary/aromatic N) is 2. The Morgan fingerprint density at radius 3 is 2.28 bits per heavy atom. The molecule has 2 heterocycles. The average Bonchev–Trinajstić information content (AvgIpc) is 2.62. The summed E-state index contributed by atoms with van der Waals surface area (Å²) in [5.74, 6) is 0.0606. The predicted octanol–water partition coefficient (Wildman–Crippen LogP) is 5.54. The number of hydrogen-bond donors (Lipinski definition) is 0. The lowest BCUT2D eigenvalue weighted by Gasteiger charge is -2.52. The Labute approximate surface area is 164 Å². The van der Waals surface area contributed by atoms with Gasteiger partial charge < -0.3 is 9.64 Å². The smallest absolute Gasteiger partial charge is 0.425 e. The molecule has 10 heteroatoms. The third-order valence-electron chi connectivity index (χ3n) is 5.95. The Balaban J connectivity index is 1.50. The van der Waals surface area contributed by atoms with Crippen LogP contribution < -0.4 is 0 Å². The largest absolute Gasteiger partial charge is 0.436 e. The number of ether oxygens (including phenoxy) is 1. The quantitative estimate of drug-likeness (QED) is 0.599. The summed E-state index contributed by atoms with van der Waals surface area (Å²) < 4.78 is 80.8. The maximum atomic E-state index is 12.8. The van der Waals surface area contributed by atoms with Crippen LogP contribution in [0.2, 0.25) is 0 Å². The van der Waals surface area contributed by atoms with Crippen LogP contribution in [-0.4, -0.2) is 41.3 Å². The molecule has 29 heavy (non-hydrogen) atoms. The van der Waals surface area contributed by atoms with E-state index in [9.17, 15) is 31.1 Å². The first-order chi connectivity index (χ1) is 13.4. The topological polar surface area (TPSA) is 42.4 Å². The van der Waals surface area contributed by atoms with Gasteiger partial charge in [0.25, 0.3) is 0 Å². The van der Waals surface area contributed by atoms with Gasteiger partial charge in [0.1, 0.15) is 0 Å². The molecule has 0 unspecified atom stereocenters. The third-order valence-corrected chi connectivity index (χ3v) is 5.95. The van der Waals surface area contributed by atoms with Gasteiger partial charge in [-0.05, 0) is 49.7 Å². The van der Waals surface area contributed by atoms with Crippen molar-refractivity contribution in [2.24, 2.45) is 5.41 Å². The van der Waals surface area contributed by atoms with E-state index in [0.717, 1.165) is 25.1 Å². The van der Waals surface area contributed by atoms with Crippen molar-refractivity contribution in [3.8, 4) is 0 Å². The Morgan fingerprint density at radius 2 is 1.83 bits per heavy atom. The first kappa shape index (κ1) is 21.7. The number of carbonyl (C=O) groups excluding carboxylic acids is 1. The maximum absolute atomic E-state index is 12.8. The van der Waals surface area contributed by atoms with E-state index < -0.39 is 30.1 Å². The van der Waals surface area contributed by atoms with E-state index in [0.29, 0.717) is 31.6 Å². The number of pyridine rings is 1. The van der Waals surface area contributed by atoms with Gasteiger partial charge in [-0.2, -0.15) is 26.3 Å². The molecule has 1 aromatic rings. The van der Waals surface area contributed by atoms with Crippen molar-refractivity contribution in [2.75, 3.05) is 13.1 Å². The molecule has 0 N–H and O–H groups in total. The van der Waals surface area contributed by atoms with Crippen LogP contribution >= 0.6 is 0 Å². The van der Waals surface area contributed by atoms with Crippen LogP contribution in [0, 0.1) is 5.41 Å². The van der Waals surface area contributed by atoms with Gasteiger partial charge in [-0.3, -0.25) is 4.98 Å². The molecule has 0 aromatic carbocycles. The second-order valence-corrected chi connectivity index (χ2v) is 7.88. The van der Waals surface area contributed by atoms with Crippen LogP contribution in [0.5, 0.6) is 0 Å². The number of hydrogen-bond acceptors (Lipinski definition) is 3. The van der Waals surface area contributed by atoms with Crippen molar-refractivity contribution in [3.63, 3.8) is 0 Å². The van der Waals surface area contributed by atoms with E-state index >= 15 is 0 Å². The Hall–Kier alpha value is -2.00. The van der Waals surface area contributed by atoms with Gasteiger partial charge in [0.15, 0.2) is 6.10 Å². The van der Waals surface area contributed by atoms with Crippen molar-refractivity contribution < 1.29 is 35.9 Å². The third kappa shape index (κ3) is 4.78. The van der Waals surface area contributed by atoms with Gasteiger partial charge >= 0.3 is 18.4 Å². The summed E-state index contributed by atoms with van der Waals surface area (Å²) in [6.07, 6.45) is -8.83. The van der Waals surface area contributed by atoms with E-state index in [-0.39, 0.29) is 17.8 Å². The minimum absolute atomic E-state index is 0.0417. The lowest BCUT2D eigenvalue weighted by Crippen LogP contribution is -2.49. The summed E-state index contributed by atoms with van der Waals surface area (Å²) in [5, 5.41) is 0. The van der Waals surface area contributed by atoms with E-state index in [4.69, 9.17) is 0 Å². The lowest BCUT2D eigenvalue weighted by atomic mass is 9.57. The zero-order valence-corrected chi connectivity index (χ0v) is 15.8. The van der Waals surface area contributed by atoms with Gasteiger partial charge in [0.05, 0.1) is 5.56 Å². The van der Waals surface area contributed by atoms with E-state index in [2.05, 4.69) is 9.72 Å². The predicted molar refractivity (Wildman–Crippen MR) is 91.1 cm³/mol. The number of likely N-dealkylation sites (tertiary alicyclic amines) is 1. The Kier molecular flexibility index (Phi) is 5.75. The molecule has 1 aliphatic heterocycles. The number of halogens is 6. The number of piperidine rings is 1. The monoisotopic (exact) mass is 424 g/mol. The summed E-state index contributed by atoms with van der Waals surface area (Å²) in [7, 11) is 0. The van der Waals surface area contributed by atoms with Gasteiger partial charge in [-0.15, -0.1) is 0 Å².